The van der Waals surface area contributed by atoms with Gasteiger partial charge in [-0.2, -0.15) is 18.2 Å². The lowest BCUT2D eigenvalue weighted by molar-refractivity contribution is -0.137. The zero-order valence-electron chi connectivity index (χ0n) is 14.1. The number of aryl methyl sites for hydroxylation is 2. The number of carbonyl (C=O) groups excluding carboxylic acids is 1. The number of carbonyl (C=O) groups is 1. The maximum Gasteiger partial charge on any atom is 0.416 e. The van der Waals surface area contributed by atoms with Gasteiger partial charge >= 0.3 is 6.18 Å². The van der Waals surface area contributed by atoms with Gasteiger partial charge in [0.05, 0.1) is 22.0 Å². The van der Waals surface area contributed by atoms with Gasteiger partial charge in [0.2, 0.25) is 11.1 Å². The Bertz CT molecular complexity index is 1020. The van der Waals surface area contributed by atoms with Crippen molar-refractivity contribution in [3.8, 4) is 0 Å². The van der Waals surface area contributed by atoms with Crippen molar-refractivity contribution in [2.45, 2.75) is 25.2 Å². The predicted octanol–water partition coefficient (Wildman–Crippen LogP) is 4.14. The first-order chi connectivity index (χ1) is 12.6. The molecule has 3 aromatic rings. The maximum absolute atomic E-state index is 12.8. The Morgan fingerprint density at radius 3 is 2.70 bits per heavy atom. The van der Waals surface area contributed by atoms with Crippen LogP contribution in [0.2, 0.25) is 5.02 Å². The van der Waals surface area contributed by atoms with E-state index >= 15 is 0 Å². The van der Waals surface area contributed by atoms with Crippen molar-refractivity contribution in [2.75, 3.05) is 11.1 Å². The van der Waals surface area contributed by atoms with E-state index in [2.05, 4.69) is 20.4 Å². The quantitative estimate of drug-likeness (QED) is 0.648. The monoisotopic (exact) mass is 415 g/mol. The first kappa shape index (κ1) is 19.4. The Kier molecular flexibility index (Phi) is 5.29. The fourth-order valence-corrected chi connectivity index (χ4v) is 3.11. The summed E-state index contributed by atoms with van der Waals surface area (Å²) in [6, 6.07) is 4.58. The second-order valence-electron chi connectivity index (χ2n) is 5.67. The molecule has 0 unspecified atom stereocenters. The van der Waals surface area contributed by atoms with Crippen LogP contribution in [0.5, 0.6) is 0 Å². The van der Waals surface area contributed by atoms with E-state index in [4.69, 9.17) is 11.6 Å². The normalized spacial score (nSPS) is 11.8. The topological polar surface area (TPSA) is 72.2 Å². The Hall–Kier alpha value is -2.33. The molecule has 1 amide bonds. The summed E-state index contributed by atoms with van der Waals surface area (Å²) < 4.78 is 39.9. The summed E-state index contributed by atoms with van der Waals surface area (Å²) in [5.74, 6) is -0.209. The summed E-state index contributed by atoms with van der Waals surface area (Å²) >= 11 is 6.91. The number of benzene rings is 1. The standard InChI is InChI=1S/C16H13ClF3N5OS/c1-8-5-9(2)25-14(21-8)23-15(24-25)27-7-13(26)22-12-6-10(16(18,19)20)3-4-11(12)17/h3-6H,7H2,1-2H3,(H,22,26). The van der Waals surface area contributed by atoms with Crippen LogP contribution in [0.1, 0.15) is 17.0 Å². The molecule has 0 saturated heterocycles. The van der Waals surface area contributed by atoms with E-state index in [1.807, 2.05) is 19.9 Å². The Labute approximate surface area is 161 Å². The summed E-state index contributed by atoms with van der Waals surface area (Å²) in [6.45, 7) is 3.69. The van der Waals surface area contributed by atoms with E-state index in [-0.39, 0.29) is 16.5 Å². The van der Waals surface area contributed by atoms with Crippen LogP contribution in [-0.2, 0) is 11.0 Å². The molecule has 1 aromatic carbocycles. The molecule has 0 fully saturated rings. The third-order valence-electron chi connectivity index (χ3n) is 3.50. The SMILES string of the molecule is Cc1cc(C)n2nc(SCC(=O)Nc3cc(C(F)(F)F)ccc3Cl)nc2n1. The minimum Gasteiger partial charge on any atom is -0.324 e. The van der Waals surface area contributed by atoms with E-state index in [0.29, 0.717) is 10.9 Å². The highest BCUT2D eigenvalue weighted by Crippen LogP contribution is 2.33. The van der Waals surface area contributed by atoms with Crippen LogP contribution >= 0.6 is 23.4 Å². The van der Waals surface area contributed by atoms with E-state index in [1.54, 1.807) is 4.52 Å². The number of anilines is 1. The molecule has 2 heterocycles. The number of nitrogens with zero attached hydrogens (tertiary/aromatic N) is 4. The smallest absolute Gasteiger partial charge is 0.324 e. The molecule has 0 bridgehead atoms. The number of halogens is 4. The van der Waals surface area contributed by atoms with Crippen LogP contribution in [-0.4, -0.2) is 31.2 Å². The summed E-state index contributed by atoms with van der Waals surface area (Å²) in [4.78, 5) is 20.6. The minimum absolute atomic E-state index is 0.0162. The van der Waals surface area contributed by atoms with Crippen molar-refractivity contribution < 1.29 is 18.0 Å². The van der Waals surface area contributed by atoms with Gasteiger partial charge in [0.1, 0.15) is 0 Å². The number of rotatable bonds is 4. The summed E-state index contributed by atoms with van der Waals surface area (Å²) in [5.41, 5.74) is 0.639. The number of aromatic nitrogens is 4. The molecule has 0 aliphatic heterocycles. The number of amides is 1. The number of alkyl halides is 3. The zero-order valence-corrected chi connectivity index (χ0v) is 15.7. The average molecular weight is 416 g/mol. The Balaban J connectivity index is 1.69. The maximum atomic E-state index is 12.8. The van der Waals surface area contributed by atoms with Crippen LogP contribution in [0, 0.1) is 13.8 Å². The molecule has 2 aromatic heterocycles. The largest absolute Gasteiger partial charge is 0.416 e. The molecule has 0 atom stereocenters. The summed E-state index contributed by atoms with van der Waals surface area (Å²) in [7, 11) is 0. The van der Waals surface area contributed by atoms with Crippen LogP contribution in [0.4, 0.5) is 18.9 Å². The highest BCUT2D eigenvalue weighted by molar-refractivity contribution is 7.99. The lowest BCUT2D eigenvalue weighted by atomic mass is 10.2. The molecule has 0 spiro atoms. The highest BCUT2D eigenvalue weighted by Gasteiger charge is 2.31. The second kappa shape index (κ2) is 7.35. The van der Waals surface area contributed by atoms with E-state index in [0.717, 1.165) is 41.3 Å². The van der Waals surface area contributed by atoms with Crippen LogP contribution in [0.25, 0.3) is 5.78 Å². The molecule has 0 radical (unpaired) electrons. The lowest BCUT2D eigenvalue weighted by Crippen LogP contribution is -2.15. The first-order valence-corrected chi connectivity index (χ1v) is 9.00. The lowest BCUT2D eigenvalue weighted by Gasteiger charge is -2.11. The molecule has 0 aliphatic carbocycles. The van der Waals surface area contributed by atoms with Crippen molar-refractivity contribution in [1.82, 2.24) is 19.6 Å². The van der Waals surface area contributed by atoms with Crippen molar-refractivity contribution in [3.63, 3.8) is 0 Å². The molecule has 27 heavy (non-hydrogen) atoms. The van der Waals surface area contributed by atoms with E-state index < -0.39 is 17.6 Å². The number of hydrogen-bond donors (Lipinski definition) is 1. The fraction of sp³-hybridized carbons (Fsp3) is 0.250. The van der Waals surface area contributed by atoms with Crippen molar-refractivity contribution in [1.29, 1.82) is 0 Å². The Morgan fingerprint density at radius 2 is 2.00 bits per heavy atom. The van der Waals surface area contributed by atoms with Gasteiger partial charge in [-0.3, -0.25) is 4.79 Å². The van der Waals surface area contributed by atoms with Crippen molar-refractivity contribution in [3.05, 3.63) is 46.2 Å². The van der Waals surface area contributed by atoms with Crippen LogP contribution < -0.4 is 5.32 Å². The van der Waals surface area contributed by atoms with Gasteiger partial charge in [-0.05, 0) is 38.1 Å². The van der Waals surface area contributed by atoms with Crippen molar-refractivity contribution in [2.24, 2.45) is 0 Å². The number of thioether (sulfide) groups is 1. The predicted molar refractivity (Wildman–Crippen MR) is 96.1 cm³/mol. The average Bonchev–Trinajstić information content (AvgIpc) is 2.97. The minimum atomic E-state index is -4.53. The van der Waals surface area contributed by atoms with Crippen LogP contribution in [0.3, 0.4) is 0 Å². The third kappa shape index (κ3) is 4.51. The van der Waals surface area contributed by atoms with Gasteiger partial charge in [-0.1, -0.05) is 23.4 Å². The van der Waals surface area contributed by atoms with Gasteiger partial charge in [0.25, 0.3) is 5.78 Å². The summed E-state index contributed by atoms with van der Waals surface area (Å²) in [6.07, 6.45) is -4.53. The Morgan fingerprint density at radius 1 is 1.26 bits per heavy atom. The molecular formula is C16H13ClF3N5OS. The van der Waals surface area contributed by atoms with Gasteiger partial charge < -0.3 is 5.32 Å². The number of hydrogen-bond acceptors (Lipinski definition) is 5. The first-order valence-electron chi connectivity index (χ1n) is 7.64. The second-order valence-corrected chi connectivity index (χ2v) is 7.02. The van der Waals surface area contributed by atoms with Crippen LogP contribution in [0.15, 0.2) is 29.4 Å². The van der Waals surface area contributed by atoms with E-state index in [9.17, 15) is 18.0 Å². The molecule has 0 aliphatic rings. The zero-order chi connectivity index (χ0) is 19.8. The van der Waals surface area contributed by atoms with Gasteiger partial charge in [0.15, 0.2) is 0 Å². The van der Waals surface area contributed by atoms with Crippen molar-refractivity contribution >= 4 is 40.7 Å². The highest BCUT2D eigenvalue weighted by atomic mass is 35.5. The number of nitrogens with one attached hydrogen (secondary N) is 1. The van der Waals surface area contributed by atoms with Gasteiger partial charge in [-0.25, -0.2) is 9.50 Å². The van der Waals surface area contributed by atoms with Gasteiger partial charge in [0, 0.05) is 11.4 Å². The molecule has 11 heteroatoms. The summed E-state index contributed by atoms with van der Waals surface area (Å²) in [5, 5.41) is 6.98. The fourth-order valence-electron chi connectivity index (χ4n) is 2.32. The molecule has 1 N–H and O–H groups in total. The molecule has 0 saturated carbocycles. The molecular weight excluding hydrogens is 403 g/mol. The molecule has 6 nitrogen and oxygen atoms in total. The van der Waals surface area contributed by atoms with E-state index in [1.165, 1.54) is 0 Å². The number of fused-ring (bicyclic) bond motifs is 1. The molecule has 3 rings (SSSR count). The third-order valence-corrected chi connectivity index (χ3v) is 4.67. The molecule has 142 valence electrons. The van der Waals surface area contributed by atoms with Gasteiger partial charge in [-0.15, -0.1) is 5.10 Å².